The molecular formula is C62H56F2N2O10P2S2. The molecule has 0 bridgehead atoms. The number of phenolic OH excluding ortho intramolecular Hbond substituents is 2. The maximum Gasteiger partial charge on any atom is 0.356 e. The molecular weight excluding hydrogens is 1100 g/mol. The molecule has 1 unspecified atom stereocenters. The summed E-state index contributed by atoms with van der Waals surface area (Å²) < 4.78 is 53.1. The van der Waals surface area contributed by atoms with Gasteiger partial charge in [0.15, 0.2) is 0 Å². The quantitative estimate of drug-likeness (QED) is 0.0316. The Labute approximate surface area is 472 Å². The number of hydrogen-bond acceptors (Lipinski definition) is 8. The zero-order valence-electron chi connectivity index (χ0n) is 42.8. The zero-order valence-corrected chi connectivity index (χ0v) is 46.2. The van der Waals surface area contributed by atoms with Crippen molar-refractivity contribution in [1.29, 1.82) is 0 Å². The van der Waals surface area contributed by atoms with Crippen LogP contribution >= 0.6 is 39.6 Å². The molecule has 8 aromatic rings. The third-order valence-electron chi connectivity index (χ3n) is 15.4. The van der Waals surface area contributed by atoms with Gasteiger partial charge >= 0.3 is 15.2 Å². The summed E-state index contributed by atoms with van der Waals surface area (Å²) in [6.45, 7) is 0. The van der Waals surface area contributed by atoms with Crippen LogP contribution in [0.15, 0.2) is 182 Å². The summed E-state index contributed by atoms with van der Waals surface area (Å²) in [6.07, 6.45) is 0.304. The van der Waals surface area contributed by atoms with Gasteiger partial charge in [-0.1, -0.05) is 121 Å². The molecule has 0 aliphatic carbocycles. The topological polar surface area (TPSA) is 202 Å². The minimum absolute atomic E-state index is 0.00209. The van der Waals surface area contributed by atoms with Crippen molar-refractivity contribution >= 4 is 71.6 Å². The van der Waals surface area contributed by atoms with Gasteiger partial charge in [-0.15, -0.1) is 0 Å². The lowest BCUT2D eigenvalue weighted by molar-refractivity contribution is 0.155. The Morgan fingerprint density at radius 2 is 0.950 bits per heavy atom. The van der Waals surface area contributed by atoms with Crippen LogP contribution in [-0.4, -0.2) is 50.0 Å². The highest BCUT2D eigenvalue weighted by molar-refractivity contribution is 7.80. The normalized spacial score (nSPS) is 18.4. The molecule has 6 atom stereocenters. The van der Waals surface area contributed by atoms with Crippen molar-refractivity contribution in [2.45, 2.75) is 62.8 Å². The van der Waals surface area contributed by atoms with Crippen LogP contribution in [0.1, 0.15) is 85.1 Å². The van der Waals surface area contributed by atoms with Crippen LogP contribution in [0.2, 0.25) is 0 Å². The van der Waals surface area contributed by atoms with Gasteiger partial charge < -0.3 is 49.8 Å². The number of rotatable bonds is 17. The van der Waals surface area contributed by atoms with Crippen molar-refractivity contribution in [3.63, 3.8) is 0 Å². The smallest absolute Gasteiger partial charge is 0.356 e. The summed E-state index contributed by atoms with van der Waals surface area (Å²) >= 11 is 12.2. The SMILES string of the molecule is O=P(O)(O)c1ccc(-c2ccc([C@@H]3[C@H](CCC(O)c4ccc(F)cc4-c4cccc(N5C(=S)C[C@@H](CC[C@H](O)c6ccc(F)cc6)[C@H]5c5ccc(-c6ccc(P(=O)(O)O)cc6)cc5O)c4)CC(=S)N3c3ccccc3)c(O)c2)cc1. The number of anilines is 2. The number of nitrogens with zero attached hydrogens (tertiary/aromatic N) is 2. The first kappa shape index (κ1) is 56.5. The molecule has 2 fully saturated rings. The summed E-state index contributed by atoms with van der Waals surface area (Å²) in [5, 5.41) is 47.0. The molecule has 10 rings (SSSR count). The number of aliphatic hydroxyl groups excluding tert-OH is 2. The zero-order chi connectivity index (χ0) is 56.6. The average molecular weight is 1150 g/mol. The van der Waals surface area contributed by atoms with Gasteiger partial charge in [0, 0.05) is 35.3 Å². The Morgan fingerprint density at radius 3 is 1.45 bits per heavy atom. The van der Waals surface area contributed by atoms with Gasteiger partial charge in [-0.25, -0.2) is 8.78 Å². The van der Waals surface area contributed by atoms with E-state index in [4.69, 9.17) is 24.4 Å². The van der Waals surface area contributed by atoms with Crippen molar-refractivity contribution in [2.24, 2.45) is 11.8 Å². The fourth-order valence-corrected chi connectivity index (χ4v) is 13.3. The lowest BCUT2D eigenvalue weighted by Gasteiger charge is -2.32. The number of thiocarbonyl (C=S) groups is 2. The Bertz CT molecular complexity index is 3700. The van der Waals surface area contributed by atoms with E-state index in [1.165, 1.54) is 48.5 Å². The van der Waals surface area contributed by atoms with Crippen LogP contribution in [0.25, 0.3) is 33.4 Å². The van der Waals surface area contributed by atoms with Crippen LogP contribution in [0.3, 0.4) is 0 Å². The van der Waals surface area contributed by atoms with Crippen LogP contribution in [0.4, 0.5) is 20.2 Å². The van der Waals surface area contributed by atoms with E-state index in [0.717, 1.165) is 5.69 Å². The molecule has 0 saturated carbocycles. The average Bonchev–Trinajstić information content (AvgIpc) is 4.05. The van der Waals surface area contributed by atoms with Gasteiger partial charge in [-0.3, -0.25) is 9.13 Å². The summed E-state index contributed by atoms with van der Waals surface area (Å²) in [4.78, 5) is 43.8. The molecule has 0 spiro atoms. The molecule has 0 aromatic heterocycles. The molecule has 0 radical (unpaired) electrons. The van der Waals surface area contributed by atoms with E-state index < -0.39 is 51.1 Å². The van der Waals surface area contributed by atoms with Crippen LogP contribution in [-0.2, 0) is 9.13 Å². The highest BCUT2D eigenvalue weighted by Crippen LogP contribution is 2.51. The second kappa shape index (κ2) is 23.4. The number of halogens is 2. The highest BCUT2D eigenvalue weighted by Gasteiger charge is 2.42. The fourth-order valence-electron chi connectivity index (χ4n) is 11.4. The predicted molar refractivity (Wildman–Crippen MR) is 315 cm³/mol. The number of phenols is 2. The second-order valence-electron chi connectivity index (χ2n) is 20.4. The number of aromatic hydroxyl groups is 2. The molecule has 80 heavy (non-hydrogen) atoms. The van der Waals surface area contributed by atoms with Gasteiger partial charge in [0.25, 0.3) is 0 Å². The summed E-state index contributed by atoms with van der Waals surface area (Å²) in [5.74, 6) is -1.44. The molecule has 2 aliphatic rings. The monoisotopic (exact) mass is 1150 g/mol. The standard InChI is InChI=1S/C62H56F2N2O10P2S2/c63-45-19-9-39(10-20-45)55(67)29-17-43-35-60(80)66(62(43)53-27-16-41(33-58(53)70)38-13-24-50(25-14-38)78(74,75)76)48-8-4-5-42(31-48)54-36-46(64)21-28-51(54)56(68)30-18-44-34-59(79)65(47-6-2-1-3-7-47)61(44)52-26-15-40(32-57(52)69)37-11-22-49(23-12-37)77(71,72)73/h1-16,19-28,31-33,36,43-44,55-56,61-62,67-70H,17-18,29-30,34-35H2,(H2,71,72,73)(H2,74,75,76)/t43-,44-,55+,56?,61+,62+/m1/s1. The summed E-state index contributed by atoms with van der Waals surface area (Å²) in [7, 11) is -8.94. The molecule has 8 aromatic carbocycles. The number of aliphatic hydroxyl groups is 2. The first-order chi connectivity index (χ1) is 38.2. The van der Waals surface area contributed by atoms with E-state index in [1.807, 2.05) is 82.6 Å². The lowest BCUT2D eigenvalue weighted by atomic mass is 9.85. The van der Waals surface area contributed by atoms with Crippen molar-refractivity contribution < 1.29 is 57.9 Å². The Hall–Kier alpha value is -6.78. The maximum absolute atomic E-state index is 15.5. The first-order valence-corrected chi connectivity index (χ1v) is 30.0. The van der Waals surface area contributed by atoms with E-state index >= 15 is 4.39 Å². The van der Waals surface area contributed by atoms with E-state index in [9.17, 15) is 53.5 Å². The highest BCUT2D eigenvalue weighted by atomic mass is 32.1. The maximum atomic E-state index is 15.5. The van der Waals surface area contributed by atoms with Crippen LogP contribution in [0.5, 0.6) is 11.5 Å². The molecule has 2 saturated heterocycles. The first-order valence-electron chi connectivity index (χ1n) is 25.9. The Kier molecular flexibility index (Phi) is 16.5. The van der Waals surface area contributed by atoms with Gasteiger partial charge in [-0.2, -0.15) is 0 Å². The molecule has 410 valence electrons. The molecule has 12 nitrogen and oxygen atoms in total. The van der Waals surface area contributed by atoms with Gasteiger partial charge in [0.1, 0.15) is 23.1 Å². The molecule has 18 heteroatoms. The third-order valence-corrected chi connectivity index (χ3v) is 18.0. The fraction of sp³-hybridized carbons (Fsp3) is 0.194. The van der Waals surface area contributed by atoms with Gasteiger partial charge in [0.05, 0.1) is 44.9 Å². The minimum Gasteiger partial charge on any atom is -0.508 e. The van der Waals surface area contributed by atoms with E-state index in [2.05, 4.69) is 0 Å². The third kappa shape index (κ3) is 12.1. The van der Waals surface area contributed by atoms with E-state index in [-0.39, 0.29) is 40.4 Å². The summed E-state index contributed by atoms with van der Waals surface area (Å²) in [6, 6.07) is 48.1. The number of benzene rings is 8. The minimum atomic E-state index is -4.48. The van der Waals surface area contributed by atoms with E-state index in [1.54, 1.807) is 60.7 Å². The number of para-hydroxylation sites is 1. The molecule has 2 heterocycles. The lowest BCUT2D eigenvalue weighted by Crippen LogP contribution is -2.28. The van der Waals surface area contributed by atoms with Crippen molar-refractivity contribution in [2.75, 3.05) is 9.80 Å². The molecule has 2 aliphatic heterocycles. The largest absolute Gasteiger partial charge is 0.508 e. The van der Waals surface area contributed by atoms with Crippen LogP contribution < -0.4 is 20.4 Å². The Morgan fingerprint density at radius 1 is 0.487 bits per heavy atom. The van der Waals surface area contributed by atoms with Crippen LogP contribution in [0, 0.1) is 23.5 Å². The molecule has 8 N–H and O–H groups in total. The van der Waals surface area contributed by atoms with E-state index in [0.29, 0.717) is 103 Å². The number of hydrogen-bond donors (Lipinski definition) is 8. The molecule has 0 amide bonds. The Balaban J connectivity index is 0.941. The van der Waals surface area contributed by atoms with Crippen molar-refractivity contribution in [1.82, 2.24) is 0 Å². The predicted octanol–water partition coefficient (Wildman–Crippen LogP) is 12.8. The van der Waals surface area contributed by atoms with Gasteiger partial charge in [-0.05, 0) is 167 Å². The van der Waals surface area contributed by atoms with Crippen molar-refractivity contribution in [3.8, 4) is 44.9 Å². The van der Waals surface area contributed by atoms with Crippen molar-refractivity contribution in [3.05, 3.63) is 216 Å². The summed E-state index contributed by atoms with van der Waals surface area (Å²) in [5.41, 5.74) is 7.16. The second-order valence-corrected chi connectivity index (χ2v) is 24.6. The van der Waals surface area contributed by atoms with Gasteiger partial charge in [0.2, 0.25) is 0 Å².